The Labute approximate surface area is 155 Å². The Bertz CT molecular complexity index is 873. The molecular formula is C19H19N3OS2. The summed E-state index contributed by atoms with van der Waals surface area (Å²) in [6.07, 6.45) is 6.25. The van der Waals surface area contributed by atoms with E-state index >= 15 is 0 Å². The van der Waals surface area contributed by atoms with Crippen LogP contribution in [0, 0.1) is 0 Å². The number of carbonyl (C=O) groups excluding carboxylic acids is 1. The molecule has 4 nitrogen and oxygen atoms in total. The lowest BCUT2D eigenvalue weighted by molar-refractivity contribution is -0.119. The summed E-state index contributed by atoms with van der Waals surface area (Å²) >= 11 is 3.12. The number of hydrogen-bond acceptors (Lipinski definition) is 5. The molecule has 1 fully saturated rings. The first kappa shape index (κ1) is 16.5. The zero-order valence-electron chi connectivity index (χ0n) is 13.8. The van der Waals surface area contributed by atoms with Gasteiger partial charge in [0.1, 0.15) is 16.2 Å². The maximum atomic E-state index is 12.2. The molecule has 1 N–H and O–H groups in total. The second kappa shape index (κ2) is 7.54. The Kier molecular flexibility index (Phi) is 4.99. The molecule has 4 rings (SSSR count). The van der Waals surface area contributed by atoms with E-state index in [-0.39, 0.29) is 5.91 Å². The van der Waals surface area contributed by atoms with Gasteiger partial charge in [0.2, 0.25) is 5.91 Å². The van der Waals surface area contributed by atoms with Crippen molar-refractivity contribution in [1.29, 1.82) is 0 Å². The highest BCUT2D eigenvalue weighted by atomic mass is 32.2. The third-order valence-electron chi connectivity index (χ3n) is 4.48. The fraction of sp³-hybridized carbons (Fsp3) is 0.316. The fourth-order valence-electron chi connectivity index (χ4n) is 3.26. The van der Waals surface area contributed by atoms with E-state index in [9.17, 15) is 4.79 Å². The summed E-state index contributed by atoms with van der Waals surface area (Å²) in [5, 5.41) is 7.19. The number of fused-ring (bicyclic) bond motifs is 1. The van der Waals surface area contributed by atoms with Crippen LogP contribution in [0.15, 0.2) is 47.1 Å². The number of nitrogens with one attached hydrogen (secondary N) is 1. The Morgan fingerprint density at radius 2 is 2.00 bits per heavy atom. The summed E-state index contributed by atoms with van der Waals surface area (Å²) in [5.74, 6) is 0.493. The maximum Gasteiger partial charge on any atom is 0.230 e. The number of rotatable bonds is 5. The average molecular weight is 370 g/mol. The first-order chi connectivity index (χ1) is 12.3. The summed E-state index contributed by atoms with van der Waals surface area (Å²) < 4.78 is 0. The van der Waals surface area contributed by atoms with Crippen LogP contribution in [-0.2, 0) is 4.79 Å². The number of nitrogens with zero attached hydrogens (tertiary/aromatic N) is 2. The minimum Gasteiger partial charge on any atom is -0.353 e. The lowest BCUT2D eigenvalue weighted by Gasteiger charge is -2.11. The maximum absolute atomic E-state index is 12.2. The highest BCUT2D eigenvalue weighted by Gasteiger charge is 2.18. The van der Waals surface area contributed by atoms with Crippen molar-refractivity contribution in [3.63, 3.8) is 0 Å². The summed E-state index contributed by atoms with van der Waals surface area (Å²) in [6.45, 7) is 0. The van der Waals surface area contributed by atoms with Crippen molar-refractivity contribution in [3.8, 4) is 11.1 Å². The molecule has 0 radical (unpaired) electrons. The smallest absolute Gasteiger partial charge is 0.230 e. The number of carbonyl (C=O) groups is 1. The molecule has 1 aromatic carbocycles. The number of benzene rings is 1. The molecule has 0 atom stereocenters. The van der Waals surface area contributed by atoms with E-state index in [1.807, 2.05) is 18.2 Å². The van der Waals surface area contributed by atoms with E-state index in [1.165, 1.54) is 24.6 Å². The molecule has 1 amide bonds. The van der Waals surface area contributed by atoms with Crippen molar-refractivity contribution < 1.29 is 4.79 Å². The second-order valence-electron chi connectivity index (χ2n) is 6.21. The fourth-order valence-corrected chi connectivity index (χ4v) is 5.06. The Hall–Kier alpha value is -1.92. The predicted octanol–water partition coefficient (Wildman–Crippen LogP) is 4.51. The van der Waals surface area contributed by atoms with Crippen LogP contribution in [0.1, 0.15) is 25.7 Å². The highest BCUT2D eigenvalue weighted by molar-refractivity contribution is 8.00. The van der Waals surface area contributed by atoms with Gasteiger partial charge in [0.25, 0.3) is 0 Å². The quantitative estimate of drug-likeness (QED) is 0.531. The number of hydrogen-bond donors (Lipinski definition) is 1. The minimum absolute atomic E-state index is 0.0974. The van der Waals surface area contributed by atoms with Crippen molar-refractivity contribution in [2.45, 2.75) is 36.8 Å². The number of amides is 1. The SMILES string of the molecule is O=C(CSc1ncnc2scc(-c3ccccc3)c12)NC1CCCC1. The van der Waals surface area contributed by atoms with Crippen LogP contribution in [-0.4, -0.2) is 27.7 Å². The van der Waals surface area contributed by atoms with E-state index in [0.29, 0.717) is 11.8 Å². The Morgan fingerprint density at radius 3 is 2.80 bits per heavy atom. The van der Waals surface area contributed by atoms with E-state index in [0.717, 1.165) is 39.2 Å². The third-order valence-corrected chi connectivity index (χ3v) is 6.36. The number of aromatic nitrogens is 2. The van der Waals surface area contributed by atoms with Crippen LogP contribution in [0.25, 0.3) is 21.3 Å². The van der Waals surface area contributed by atoms with E-state index in [2.05, 4.69) is 32.8 Å². The molecule has 1 saturated carbocycles. The number of thioether (sulfide) groups is 1. The molecule has 1 aliphatic rings. The minimum atomic E-state index is 0.0974. The lowest BCUT2D eigenvalue weighted by atomic mass is 10.1. The van der Waals surface area contributed by atoms with E-state index < -0.39 is 0 Å². The number of thiophene rings is 1. The standard InChI is InChI=1S/C19H19N3OS2/c23-16(22-14-8-4-5-9-14)11-25-19-17-15(13-6-2-1-3-7-13)10-24-18(17)20-12-21-19/h1-3,6-7,10,12,14H,4-5,8-9,11H2,(H,22,23). The normalized spacial score (nSPS) is 14.9. The average Bonchev–Trinajstić information content (AvgIpc) is 3.30. The van der Waals surface area contributed by atoms with Gasteiger partial charge in [-0.2, -0.15) is 0 Å². The summed E-state index contributed by atoms with van der Waals surface area (Å²) in [7, 11) is 0. The molecule has 1 aliphatic carbocycles. The zero-order valence-corrected chi connectivity index (χ0v) is 15.4. The van der Waals surface area contributed by atoms with Crippen LogP contribution in [0.5, 0.6) is 0 Å². The van der Waals surface area contributed by atoms with Gasteiger partial charge < -0.3 is 5.32 Å². The molecule has 0 saturated heterocycles. The lowest BCUT2D eigenvalue weighted by Crippen LogP contribution is -2.33. The van der Waals surface area contributed by atoms with Gasteiger partial charge in [0, 0.05) is 17.0 Å². The molecule has 0 spiro atoms. The van der Waals surface area contributed by atoms with Crippen molar-refractivity contribution in [2.24, 2.45) is 0 Å². The molecule has 0 bridgehead atoms. The second-order valence-corrected chi connectivity index (χ2v) is 8.03. The molecule has 0 aliphatic heterocycles. The summed E-state index contributed by atoms with van der Waals surface area (Å²) in [4.78, 5) is 22.0. The molecule has 0 unspecified atom stereocenters. The first-order valence-corrected chi connectivity index (χ1v) is 10.4. The molecular weight excluding hydrogens is 350 g/mol. The van der Waals surface area contributed by atoms with Gasteiger partial charge in [0.05, 0.1) is 11.1 Å². The van der Waals surface area contributed by atoms with Crippen molar-refractivity contribution in [1.82, 2.24) is 15.3 Å². The Balaban J connectivity index is 1.55. The van der Waals surface area contributed by atoms with Gasteiger partial charge in [-0.05, 0) is 18.4 Å². The van der Waals surface area contributed by atoms with Gasteiger partial charge in [0.15, 0.2) is 0 Å². The van der Waals surface area contributed by atoms with Gasteiger partial charge in [-0.1, -0.05) is 54.9 Å². The van der Waals surface area contributed by atoms with Crippen molar-refractivity contribution >= 4 is 39.2 Å². The molecule has 6 heteroatoms. The van der Waals surface area contributed by atoms with Crippen LogP contribution in [0.3, 0.4) is 0 Å². The third kappa shape index (κ3) is 3.70. The monoisotopic (exact) mass is 369 g/mol. The summed E-state index contributed by atoms with van der Waals surface area (Å²) in [5.41, 5.74) is 2.29. The van der Waals surface area contributed by atoms with E-state index in [4.69, 9.17) is 0 Å². The van der Waals surface area contributed by atoms with Gasteiger partial charge in [-0.3, -0.25) is 4.79 Å². The van der Waals surface area contributed by atoms with Gasteiger partial charge in [-0.25, -0.2) is 9.97 Å². The van der Waals surface area contributed by atoms with E-state index in [1.54, 1.807) is 17.7 Å². The predicted molar refractivity (Wildman–Crippen MR) is 104 cm³/mol. The molecule has 25 heavy (non-hydrogen) atoms. The van der Waals surface area contributed by atoms with Crippen LogP contribution < -0.4 is 5.32 Å². The zero-order chi connectivity index (χ0) is 17.1. The molecule has 128 valence electrons. The topological polar surface area (TPSA) is 54.9 Å². The highest BCUT2D eigenvalue weighted by Crippen LogP contribution is 2.37. The van der Waals surface area contributed by atoms with Crippen LogP contribution in [0.4, 0.5) is 0 Å². The van der Waals surface area contributed by atoms with Gasteiger partial charge in [-0.15, -0.1) is 11.3 Å². The Morgan fingerprint density at radius 1 is 1.20 bits per heavy atom. The van der Waals surface area contributed by atoms with Gasteiger partial charge >= 0.3 is 0 Å². The van der Waals surface area contributed by atoms with Crippen molar-refractivity contribution in [2.75, 3.05) is 5.75 Å². The molecule has 3 aromatic rings. The first-order valence-electron chi connectivity index (χ1n) is 8.51. The van der Waals surface area contributed by atoms with Crippen molar-refractivity contribution in [3.05, 3.63) is 42.0 Å². The molecule has 2 heterocycles. The summed E-state index contributed by atoms with van der Waals surface area (Å²) in [6, 6.07) is 10.6. The van der Waals surface area contributed by atoms with Crippen LogP contribution >= 0.6 is 23.1 Å². The van der Waals surface area contributed by atoms with Crippen LogP contribution in [0.2, 0.25) is 0 Å². The molecule has 2 aromatic heterocycles. The largest absolute Gasteiger partial charge is 0.353 e.